The van der Waals surface area contributed by atoms with Crippen molar-refractivity contribution in [2.24, 2.45) is 0 Å². The zero-order valence-corrected chi connectivity index (χ0v) is 16.3. The van der Waals surface area contributed by atoms with Crippen LogP contribution in [0.25, 0.3) is 6.08 Å². The van der Waals surface area contributed by atoms with E-state index in [2.05, 4.69) is 0 Å². The Balaban J connectivity index is 1.94. The molecule has 0 bridgehead atoms. The third-order valence-corrected chi connectivity index (χ3v) is 5.30. The molecular formula is C18H12ClFN2O6S. The maximum Gasteiger partial charge on any atom is 0.315 e. The van der Waals surface area contributed by atoms with Crippen LogP contribution in [-0.2, 0) is 11.3 Å². The van der Waals surface area contributed by atoms with E-state index >= 15 is 0 Å². The second kappa shape index (κ2) is 8.10. The van der Waals surface area contributed by atoms with Crippen molar-refractivity contribution in [2.75, 3.05) is 7.11 Å². The van der Waals surface area contributed by atoms with Gasteiger partial charge in [-0.15, -0.1) is 0 Å². The van der Waals surface area contributed by atoms with Gasteiger partial charge in [-0.25, -0.2) is 4.39 Å². The summed E-state index contributed by atoms with van der Waals surface area (Å²) in [6.07, 6.45) is 1.25. The number of nitro groups is 1. The lowest BCUT2D eigenvalue weighted by atomic mass is 10.1. The van der Waals surface area contributed by atoms with E-state index in [-0.39, 0.29) is 33.3 Å². The number of methoxy groups -OCH3 is 1. The predicted molar refractivity (Wildman–Crippen MR) is 104 cm³/mol. The topological polar surface area (TPSA) is 110 Å². The normalized spacial score (nSPS) is 15.3. The van der Waals surface area contributed by atoms with Crippen molar-refractivity contribution in [3.63, 3.8) is 0 Å². The summed E-state index contributed by atoms with van der Waals surface area (Å²) < 4.78 is 18.9. The number of ether oxygens (including phenoxy) is 1. The van der Waals surface area contributed by atoms with Gasteiger partial charge >= 0.3 is 5.69 Å². The van der Waals surface area contributed by atoms with Gasteiger partial charge in [-0.05, 0) is 41.6 Å². The molecule has 2 aromatic rings. The minimum Gasteiger partial charge on any atom is -0.500 e. The lowest BCUT2D eigenvalue weighted by Crippen LogP contribution is -2.28. The smallest absolute Gasteiger partial charge is 0.315 e. The summed E-state index contributed by atoms with van der Waals surface area (Å²) in [6, 6.07) is 6.33. The van der Waals surface area contributed by atoms with Crippen LogP contribution >= 0.6 is 23.4 Å². The highest BCUT2D eigenvalue weighted by atomic mass is 35.5. The maximum absolute atomic E-state index is 14.0. The van der Waals surface area contributed by atoms with Gasteiger partial charge in [-0.3, -0.25) is 24.6 Å². The maximum atomic E-state index is 14.0. The molecule has 150 valence electrons. The number of thioether (sulfide) groups is 1. The lowest BCUT2D eigenvalue weighted by Gasteiger charge is -2.14. The summed E-state index contributed by atoms with van der Waals surface area (Å²) in [5, 5.41) is 20.4. The molecular weight excluding hydrogens is 427 g/mol. The molecule has 1 fully saturated rings. The Labute approximate surface area is 172 Å². The van der Waals surface area contributed by atoms with Crippen molar-refractivity contribution in [2.45, 2.75) is 6.54 Å². The van der Waals surface area contributed by atoms with Crippen LogP contribution in [-0.4, -0.2) is 33.2 Å². The second-order valence-electron chi connectivity index (χ2n) is 5.82. The molecule has 0 aliphatic carbocycles. The van der Waals surface area contributed by atoms with Crippen molar-refractivity contribution in [3.05, 3.63) is 67.3 Å². The van der Waals surface area contributed by atoms with Crippen molar-refractivity contribution in [1.29, 1.82) is 0 Å². The minimum absolute atomic E-state index is 0.000317. The van der Waals surface area contributed by atoms with E-state index in [9.17, 15) is 29.2 Å². The van der Waals surface area contributed by atoms with Gasteiger partial charge in [0.05, 0.1) is 23.5 Å². The highest BCUT2D eigenvalue weighted by molar-refractivity contribution is 8.18. The number of halogens is 2. The van der Waals surface area contributed by atoms with E-state index in [1.165, 1.54) is 31.4 Å². The van der Waals surface area contributed by atoms with E-state index in [1.807, 2.05) is 0 Å². The fraction of sp³-hybridized carbons (Fsp3) is 0.111. The van der Waals surface area contributed by atoms with Gasteiger partial charge in [-0.2, -0.15) is 0 Å². The third kappa shape index (κ3) is 4.03. The molecule has 2 amide bonds. The summed E-state index contributed by atoms with van der Waals surface area (Å²) in [7, 11) is 1.22. The number of carbonyl (C=O) groups is 2. The fourth-order valence-electron chi connectivity index (χ4n) is 2.62. The SMILES string of the molecule is COc1cc(/C=C2\SC(=O)N(Cc3c(F)cccc3Cl)C2=O)cc([N+](=O)[O-])c1O. The van der Waals surface area contributed by atoms with Crippen LogP contribution in [0, 0.1) is 15.9 Å². The van der Waals surface area contributed by atoms with Crippen molar-refractivity contribution in [3.8, 4) is 11.5 Å². The van der Waals surface area contributed by atoms with Crippen LogP contribution in [0.15, 0.2) is 35.2 Å². The monoisotopic (exact) mass is 438 g/mol. The molecule has 29 heavy (non-hydrogen) atoms. The third-order valence-electron chi connectivity index (χ3n) is 4.04. The number of nitrogens with zero attached hydrogens (tertiary/aromatic N) is 2. The fourth-order valence-corrected chi connectivity index (χ4v) is 3.68. The van der Waals surface area contributed by atoms with E-state index in [0.717, 1.165) is 17.0 Å². The molecule has 1 N–H and O–H groups in total. The summed E-state index contributed by atoms with van der Waals surface area (Å²) in [6.45, 7) is -0.355. The first-order valence-electron chi connectivity index (χ1n) is 7.96. The average molecular weight is 439 g/mol. The second-order valence-corrected chi connectivity index (χ2v) is 7.22. The van der Waals surface area contributed by atoms with Crippen LogP contribution in [0.5, 0.6) is 11.5 Å². The summed E-state index contributed by atoms with van der Waals surface area (Å²) in [4.78, 5) is 36.0. The number of amides is 2. The molecule has 0 aromatic heterocycles. The van der Waals surface area contributed by atoms with Gasteiger partial charge in [0.15, 0.2) is 5.75 Å². The summed E-state index contributed by atoms with van der Waals surface area (Å²) >= 11 is 6.55. The first-order valence-corrected chi connectivity index (χ1v) is 9.16. The van der Waals surface area contributed by atoms with E-state index in [4.69, 9.17) is 16.3 Å². The number of benzene rings is 2. The van der Waals surface area contributed by atoms with Gasteiger partial charge in [0.1, 0.15) is 5.82 Å². The first kappa shape index (κ1) is 20.6. The molecule has 0 saturated carbocycles. The minimum atomic E-state index is -0.804. The molecule has 0 spiro atoms. The highest BCUT2D eigenvalue weighted by Crippen LogP contribution is 2.39. The largest absolute Gasteiger partial charge is 0.500 e. The molecule has 2 aromatic carbocycles. The van der Waals surface area contributed by atoms with Gasteiger partial charge in [0, 0.05) is 16.7 Å². The molecule has 0 atom stereocenters. The molecule has 1 saturated heterocycles. The van der Waals surface area contributed by atoms with Gasteiger partial charge < -0.3 is 9.84 Å². The molecule has 1 aliphatic heterocycles. The quantitative estimate of drug-likeness (QED) is 0.420. The van der Waals surface area contributed by atoms with Gasteiger partial charge in [0.25, 0.3) is 11.1 Å². The van der Waals surface area contributed by atoms with Gasteiger partial charge in [0.2, 0.25) is 5.75 Å². The molecule has 0 unspecified atom stereocenters. The van der Waals surface area contributed by atoms with Gasteiger partial charge in [-0.1, -0.05) is 17.7 Å². The molecule has 3 rings (SSSR count). The summed E-state index contributed by atoms with van der Waals surface area (Å²) in [5.74, 6) is -2.17. The number of phenolic OH excluding ortho intramolecular Hbond substituents is 1. The predicted octanol–water partition coefficient (Wildman–Crippen LogP) is 4.34. The first-order chi connectivity index (χ1) is 13.7. The zero-order valence-electron chi connectivity index (χ0n) is 14.7. The Morgan fingerprint density at radius 2 is 2.10 bits per heavy atom. The van der Waals surface area contributed by atoms with Crippen molar-refractivity contribution < 1.29 is 28.7 Å². The number of imide groups is 1. The number of aromatic hydroxyl groups is 1. The Morgan fingerprint density at radius 3 is 2.72 bits per heavy atom. The highest BCUT2D eigenvalue weighted by Gasteiger charge is 2.36. The lowest BCUT2D eigenvalue weighted by molar-refractivity contribution is -0.386. The number of nitro benzene ring substituents is 1. The van der Waals surface area contributed by atoms with Crippen LogP contribution < -0.4 is 4.74 Å². The molecule has 0 radical (unpaired) electrons. The Hall–Kier alpha value is -3.11. The van der Waals surface area contributed by atoms with E-state index in [1.54, 1.807) is 0 Å². The van der Waals surface area contributed by atoms with Crippen LogP contribution in [0.3, 0.4) is 0 Å². The van der Waals surface area contributed by atoms with Crippen LogP contribution in [0.4, 0.5) is 14.9 Å². The number of carbonyl (C=O) groups excluding carboxylic acids is 2. The van der Waals surface area contributed by atoms with Crippen LogP contribution in [0.1, 0.15) is 11.1 Å². The van der Waals surface area contributed by atoms with E-state index in [0.29, 0.717) is 11.8 Å². The zero-order chi connectivity index (χ0) is 21.3. The molecule has 11 heteroatoms. The number of hydrogen-bond acceptors (Lipinski definition) is 7. The van der Waals surface area contributed by atoms with Crippen molar-refractivity contribution >= 4 is 46.3 Å². The summed E-state index contributed by atoms with van der Waals surface area (Å²) in [5.41, 5.74) is -0.451. The number of hydrogen-bond donors (Lipinski definition) is 1. The molecule has 1 heterocycles. The van der Waals surface area contributed by atoms with Crippen molar-refractivity contribution in [1.82, 2.24) is 4.90 Å². The number of phenols is 1. The van der Waals surface area contributed by atoms with Crippen LogP contribution in [0.2, 0.25) is 5.02 Å². The number of rotatable bonds is 5. The standard InChI is InChI=1S/C18H12ClFN2O6S/c1-28-14-6-9(5-13(16(14)23)22(26)27)7-15-17(24)21(18(25)29-15)8-10-11(19)3-2-4-12(10)20/h2-7,23H,8H2,1H3/b15-7-. The molecule has 8 nitrogen and oxygen atoms in total. The average Bonchev–Trinajstić information content (AvgIpc) is 2.92. The Bertz CT molecular complexity index is 1050. The Kier molecular flexibility index (Phi) is 5.76. The Morgan fingerprint density at radius 1 is 1.38 bits per heavy atom. The van der Waals surface area contributed by atoms with E-state index < -0.39 is 33.3 Å². The molecule has 1 aliphatic rings.